The van der Waals surface area contributed by atoms with Crippen LogP contribution >= 0.6 is 0 Å². The SMILES string of the molecule is Cc1ccc2[nH]ncc2c1-c1nc(-c2ccc3cnn(C)c3c2)nc(C(N)=O)c1N. The molecule has 0 bridgehead atoms. The summed E-state index contributed by atoms with van der Waals surface area (Å²) in [6.45, 7) is 1.95. The van der Waals surface area contributed by atoms with Gasteiger partial charge >= 0.3 is 0 Å². The Balaban J connectivity index is 1.82. The summed E-state index contributed by atoms with van der Waals surface area (Å²) in [4.78, 5) is 21.3. The monoisotopic (exact) mass is 398 g/mol. The second-order valence-corrected chi connectivity index (χ2v) is 7.15. The van der Waals surface area contributed by atoms with Crippen LogP contribution in [-0.4, -0.2) is 35.9 Å². The van der Waals surface area contributed by atoms with Crippen LogP contribution < -0.4 is 11.5 Å². The van der Waals surface area contributed by atoms with Gasteiger partial charge in [-0.3, -0.25) is 14.6 Å². The zero-order valence-electron chi connectivity index (χ0n) is 16.3. The molecular formula is C21H18N8O. The number of nitrogen functional groups attached to an aromatic ring is 1. The number of aromatic nitrogens is 6. The number of rotatable bonds is 3. The van der Waals surface area contributed by atoms with Crippen LogP contribution in [0.1, 0.15) is 16.1 Å². The van der Waals surface area contributed by atoms with Crippen molar-refractivity contribution in [1.29, 1.82) is 0 Å². The molecule has 5 N–H and O–H groups in total. The average Bonchev–Trinajstić information content (AvgIpc) is 3.35. The molecule has 0 atom stereocenters. The van der Waals surface area contributed by atoms with Gasteiger partial charge in [0.25, 0.3) is 5.91 Å². The zero-order valence-corrected chi connectivity index (χ0v) is 16.3. The average molecular weight is 398 g/mol. The highest BCUT2D eigenvalue weighted by atomic mass is 16.1. The Hall–Kier alpha value is -4.27. The molecule has 0 saturated heterocycles. The maximum atomic E-state index is 12.1. The van der Waals surface area contributed by atoms with Crippen LogP contribution in [0.15, 0.2) is 42.7 Å². The normalized spacial score (nSPS) is 11.4. The molecule has 1 amide bonds. The van der Waals surface area contributed by atoms with Gasteiger partial charge < -0.3 is 11.5 Å². The standard InChI is InChI=1S/C21H18N8O/c1-10-3-6-14-13(9-24-28-14)16(10)18-17(22)19(20(23)30)27-21(26-18)11-4-5-12-8-25-29(2)15(12)7-11/h3-9H,22H2,1-2H3,(H2,23,30)(H,24,28). The molecule has 148 valence electrons. The highest BCUT2D eigenvalue weighted by molar-refractivity contribution is 6.04. The molecule has 0 aliphatic carbocycles. The number of primary amides is 1. The quantitative estimate of drug-likeness (QED) is 0.426. The molecule has 9 heteroatoms. The van der Waals surface area contributed by atoms with Crippen LogP contribution in [0.3, 0.4) is 0 Å². The maximum absolute atomic E-state index is 12.1. The van der Waals surface area contributed by atoms with Gasteiger partial charge in [-0.25, -0.2) is 9.97 Å². The summed E-state index contributed by atoms with van der Waals surface area (Å²) in [5, 5.41) is 13.2. The van der Waals surface area contributed by atoms with Gasteiger partial charge in [0.05, 0.1) is 34.8 Å². The number of anilines is 1. The summed E-state index contributed by atoms with van der Waals surface area (Å²) < 4.78 is 1.77. The molecule has 0 aliphatic heterocycles. The van der Waals surface area contributed by atoms with E-state index >= 15 is 0 Å². The number of fused-ring (bicyclic) bond motifs is 2. The van der Waals surface area contributed by atoms with Crippen molar-refractivity contribution in [2.75, 3.05) is 5.73 Å². The number of nitrogens with zero attached hydrogens (tertiary/aromatic N) is 5. The summed E-state index contributed by atoms with van der Waals surface area (Å²) in [7, 11) is 1.86. The van der Waals surface area contributed by atoms with Crippen molar-refractivity contribution in [3.8, 4) is 22.6 Å². The second kappa shape index (κ2) is 6.38. The molecular weight excluding hydrogens is 380 g/mol. The summed E-state index contributed by atoms with van der Waals surface area (Å²) in [6.07, 6.45) is 3.50. The maximum Gasteiger partial charge on any atom is 0.269 e. The van der Waals surface area contributed by atoms with Gasteiger partial charge in [-0.2, -0.15) is 10.2 Å². The van der Waals surface area contributed by atoms with E-state index in [2.05, 4.69) is 20.3 Å². The Morgan fingerprint density at radius 3 is 2.77 bits per heavy atom. The number of amides is 1. The van der Waals surface area contributed by atoms with Crippen LogP contribution in [0, 0.1) is 6.92 Å². The first-order valence-electron chi connectivity index (χ1n) is 9.26. The van der Waals surface area contributed by atoms with Gasteiger partial charge in [0, 0.05) is 28.9 Å². The van der Waals surface area contributed by atoms with Gasteiger partial charge in [-0.05, 0) is 24.6 Å². The van der Waals surface area contributed by atoms with Gasteiger partial charge in [0.1, 0.15) is 0 Å². The number of H-pyrrole nitrogens is 1. The number of carbonyl (C=O) groups is 1. The fourth-order valence-corrected chi connectivity index (χ4v) is 3.70. The van der Waals surface area contributed by atoms with E-state index in [0.717, 1.165) is 38.5 Å². The minimum Gasteiger partial charge on any atom is -0.395 e. The van der Waals surface area contributed by atoms with E-state index in [1.54, 1.807) is 17.1 Å². The predicted octanol–water partition coefficient (Wildman–Crippen LogP) is 2.56. The van der Waals surface area contributed by atoms with E-state index in [1.165, 1.54) is 0 Å². The molecule has 9 nitrogen and oxygen atoms in total. The largest absolute Gasteiger partial charge is 0.395 e. The van der Waals surface area contributed by atoms with E-state index in [4.69, 9.17) is 16.5 Å². The number of benzene rings is 2. The third kappa shape index (κ3) is 2.60. The molecule has 3 heterocycles. The third-order valence-corrected chi connectivity index (χ3v) is 5.26. The van der Waals surface area contributed by atoms with E-state index in [-0.39, 0.29) is 11.4 Å². The molecule has 3 aromatic heterocycles. The highest BCUT2D eigenvalue weighted by Gasteiger charge is 2.21. The van der Waals surface area contributed by atoms with Crippen LogP contribution in [0.4, 0.5) is 5.69 Å². The van der Waals surface area contributed by atoms with Crippen molar-refractivity contribution in [2.24, 2.45) is 12.8 Å². The van der Waals surface area contributed by atoms with Crippen molar-refractivity contribution in [2.45, 2.75) is 6.92 Å². The van der Waals surface area contributed by atoms with Crippen LogP contribution in [-0.2, 0) is 7.05 Å². The van der Waals surface area contributed by atoms with E-state index in [0.29, 0.717) is 11.5 Å². The summed E-state index contributed by atoms with van der Waals surface area (Å²) in [6, 6.07) is 9.62. The second-order valence-electron chi connectivity index (χ2n) is 7.15. The number of aromatic amines is 1. The van der Waals surface area contributed by atoms with Crippen LogP contribution in [0.2, 0.25) is 0 Å². The molecule has 0 fully saturated rings. The molecule has 0 unspecified atom stereocenters. The van der Waals surface area contributed by atoms with E-state index in [9.17, 15) is 4.79 Å². The first-order chi connectivity index (χ1) is 14.4. The molecule has 0 aliphatic rings. The Kier molecular flexibility index (Phi) is 3.78. The highest BCUT2D eigenvalue weighted by Crippen LogP contribution is 2.36. The number of carbonyl (C=O) groups excluding carboxylic acids is 1. The fourth-order valence-electron chi connectivity index (χ4n) is 3.70. The molecule has 30 heavy (non-hydrogen) atoms. The number of aryl methyl sites for hydroxylation is 2. The van der Waals surface area contributed by atoms with Crippen molar-refractivity contribution in [3.05, 3.63) is 54.0 Å². The number of hydrogen-bond acceptors (Lipinski definition) is 6. The van der Waals surface area contributed by atoms with Gasteiger partial charge in [0.15, 0.2) is 11.5 Å². The Labute approximate surface area is 170 Å². The van der Waals surface area contributed by atoms with Gasteiger partial charge in [-0.15, -0.1) is 0 Å². The Morgan fingerprint density at radius 1 is 1.13 bits per heavy atom. The zero-order chi connectivity index (χ0) is 21.0. The van der Waals surface area contributed by atoms with Crippen molar-refractivity contribution in [1.82, 2.24) is 29.9 Å². The molecule has 0 spiro atoms. The van der Waals surface area contributed by atoms with Crippen molar-refractivity contribution < 1.29 is 4.79 Å². The lowest BCUT2D eigenvalue weighted by Gasteiger charge is -2.14. The minimum absolute atomic E-state index is 0.0139. The number of nitrogens with one attached hydrogen (secondary N) is 1. The van der Waals surface area contributed by atoms with Gasteiger partial charge in [-0.1, -0.05) is 18.2 Å². The summed E-state index contributed by atoms with van der Waals surface area (Å²) >= 11 is 0. The van der Waals surface area contributed by atoms with Crippen LogP contribution in [0.25, 0.3) is 44.5 Å². The lowest BCUT2D eigenvalue weighted by molar-refractivity contribution is 0.0996. The first kappa shape index (κ1) is 17.8. The molecule has 5 rings (SSSR count). The van der Waals surface area contributed by atoms with Crippen molar-refractivity contribution >= 4 is 33.4 Å². The topological polar surface area (TPSA) is 141 Å². The number of hydrogen-bond donors (Lipinski definition) is 3. The predicted molar refractivity (Wildman–Crippen MR) is 114 cm³/mol. The van der Waals surface area contributed by atoms with E-state index in [1.807, 2.05) is 44.3 Å². The van der Waals surface area contributed by atoms with E-state index < -0.39 is 5.91 Å². The van der Waals surface area contributed by atoms with Crippen molar-refractivity contribution in [3.63, 3.8) is 0 Å². The third-order valence-electron chi connectivity index (χ3n) is 5.26. The molecule has 2 aromatic carbocycles. The lowest BCUT2D eigenvalue weighted by atomic mass is 9.99. The fraction of sp³-hybridized carbons (Fsp3) is 0.0952. The number of nitrogens with two attached hydrogens (primary N) is 2. The van der Waals surface area contributed by atoms with Gasteiger partial charge in [0.2, 0.25) is 0 Å². The molecule has 0 saturated carbocycles. The van der Waals surface area contributed by atoms with Crippen LogP contribution in [0.5, 0.6) is 0 Å². The minimum atomic E-state index is -0.712. The Morgan fingerprint density at radius 2 is 1.97 bits per heavy atom. The smallest absolute Gasteiger partial charge is 0.269 e. The molecule has 5 aromatic rings. The molecule has 0 radical (unpaired) electrons. The first-order valence-corrected chi connectivity index (χ1v) is 9.26. The summed E-state index contributed by atoms with van der Waals surface area (Å²) in [5.41, 5.74) is 16.7. The lowest BCUT2D eigenvalue weighted by Crippen LogP contribution is -2.18. The Bertz CT molecular complexity index is 1460. The summed E-state index contributed by atoms with van der Waals surface area (Å²) in [5.74, 6) is -0.355.